The molecule has 0 bridgehead atoms. The largest absolute Gasteiger partial charge is 0.372 e. The number of carbonyl (C=O) groups is 2. The zero-order valence-corrected chi connectivity index (χ0v) is 17.3. The van der Waals surface area contributed by atoms with E-state index in [4.69, 9.17) is 10.6 Å². The second-order valence-corrected chi connectivity index (χ2v) is 9.69. The normalized spacial score (nSPS) is 39.5. The molecule has 5 nitrogen and oxygen atoms in total. The van der Waals surface area contributed by atoms with Gasteiger partial charge in [-0.25, -0.2) is 0 Å². The molecule has 2 unspecified atom stereocenters. The number of allylic oxidation sites excluding steroid dienone is 4. The van der Waals surface area contributed by atoms with Crippen LogP contribution in [-0.2, 0) is 14.3 Å². The van der Waals surface area contributed by atoms with Gasteiger partial charge >= 0.3 is 0 Å². The van der Waals surface area contributed by atoms with Crippen molar-refractivity contribution in [3.63, 3.8) is 0 Å². The van der Waals surface area contributed by atoms with Crippen LogP contribution in [-0.4, -0.2) is 31.3 Å². The predicted octanol–water partition coefficient (Wildman–Crippen LogP) is 3.10. The van der Waals surface area contributed by atoms with Crippen molar-refractivity contribution in [3.05, 3.63) is 23.3 Å². The highest BCUT2D eigenvalue weighted by molar-refractivity contribution is 5.92. The molecule has 0 aromatic carbocycles. The molecular weight excluding hydrogens is 352 g/mol. The Kier molecular flexibility index (Phi) is 5.36. The van der Waals surface area contributed by atoms with Gasteiger partial charge in [-0.15, -0.1) is 0 Å². The first kappa shape index (κ1) is 20.0. The van der Waals surface area contributed by atoms with Crippen LogP contribution in [0.4, 0.5) is 0 Å². The molecule has 4 rings (SSSR count). The molecule has 154 valence electrons. The van der Waals surface area contributed by atoms with Crippen LogP contribution >= 0.6 is 0 Å². The van der Waals surface area contributed by atoms with E-state index in [-0.39, 0.29) is 29.1 Å². The van der Waals surface area contributed by atoms with Crippen molar-refractivity contribution in [2.45, 2.75) is 58.8 Å². The third-order valence-electron chi connectivity index (χ3n) is 8.36. The van der Waals surface area contributed by atoms with Crippen LogP contribution in [0.1, 0.15) is 58.8 Å². The van der Waals surface area contributed by atoms with E-state index in [2.05, 4.69) is 25.3 Å². The molecule has 0 heterocycles. The number of Topliss-reactive ketones (excluding diaryl/α,β-unsaturated/α-hetero) is 1. The van der Waals surface area contributed by atoms with E-state index in [1.165, 1.54) is 5.57 Å². The summed E-state index contributed by atoms with van der Waals surface area (Å²) in [4.78, 5) is 24.9. The summed E-state index contributed by atoms with van der Waals surface area (Å²) in [5.41, 5.74) is 5.58. The number of hydrogen-bond donors (Lipinski definition) is 2. The second kappa shape index (κ2) is 7.51. The summed E-state index contributed by atoms with van der Waals surface area (Å²) in [5, 5.41) is 0. The van der Waals surface area contributed by atoms with Gasteiger partial charge in [0.1, 0.15) is 6.61 Å². The predicted molar refractivity (Wildman–Crippen MR) is 108 cm³/mol. The molecule has 0 aromatic heterocycles. The summed E-state index contributed by atoms with van der Waals surface area (Å²) < 4.78 is 5.53. The fourth-order valence-electron chi connectivity index (χ4n) is 6.79. The molecule has 3 N–H and O–H groups in total. The number of carbonyl (C=O) groups excluding carboxylic acids is 2. The summed E-state index contributed by atoms with van der Waals surface area (Å²) in [6.07, 6.45) is 11.3. The maximum Gasteiger partial charge on any atom is 0.162 e. The Bertz CT molecular complexity index is 727. The minimum absolute atomic E-state index is 0.0444. The van der Waals surface area contributed by atoms with Gasteiger partial charge in [0.2, 0.25) is 0 Å². The molecular formula is C23H34N2O3. The Balaban J connectivity index is 1.54. The fourth-order valence-corrected chi connectivity index (χ4v) is 6.79. The van der Waals surface area contributed by atoms with Gasteiger partial charge in [-0.3, -0.25) is 20.9 Å². The van der Waals surface area contributed by atoms with Gasteiger partial charge in [-0.1, -0.05) is 31.1 Å². The zero-order valence-electron chi connectivity index (χ0n) is 17.3. The number of hydrogen-bond acceptors (Lipinski definition) is 5. The average Bonchev–Trinajstić information content (AvgIpc) is 3.03. The standard InChI is InChI=1S/C23H34N2O3/c1-22-9-7-16(26)13-15(22)3-4-17-18-5-6-20(21(27)14-28-12-11-25-24)23(18,2)10-8-19(17)22/h8,13,17-18,20,25H,3-7,9-12,14,24H2,1-2H3/t17?,18?,20-,22+,23+/m1/s1. The Morgan fingerprint density at radius 1 is 1.29 bits per heavy atom. The number of nitrogens with two attached hydrogens (primary N) is 1. The topological polar surface area (TPSA) is 81.4 Å². The molecule has 5 atom stereocenters. The maximum atomic E-state index is 12.9. The van der Waals surface area contributed by atoms with Crippen molar-refractivity contribution < 1.29 is 14.3 Å². The lowest BCUT2D eigenvalue weighted by atomic mass is 9.51. The van der Waals surface area contributed by atoms with Crippen LogP contribution in [0.25, 0.3) is 0 Å². The van der Waals surface area contributed by atoms with Crippen molar-refractivity contribution in [2.75, 3.05) is 19.8 Å². The summed E-state index contributed by atoms with van der Waals surface area (Å²) in [5.74, 6) is 7.04. The second-order valence-electron chi connectivity index (χ2n) is 9.69. The van der Waals surface area contributed by atoms with E-state index < -0.39 is 0 Å². The third kappa shape index (κ3) is 3.12. The maximum absolute atomic E-state index is 12.9. The van der Waals surface area contributed by atoms with Crippen molar-refractivity contribution in [2.24, 2.45) is 34.4 Å². The number of nitrogens with one attached hydrogen (secondary N) is 1. The van der Waals surface area contributed by atoms with Crippen LogP contribution < -0.4 is 11.3 Å². The Labute approximate surface area is 168 Å². The number of ketones is 2. The summed E-state index contributed by atoms with van der Waals surface area (Å²) >= 11 is 0. The number of fused-ring (bicyclic) bond motifs is 5. The van der Waals surface area contributed by atoms with E-state index in [1.807, 2.05) is 6.08 Å². The van der Waals surface area contributed by atoms with Gasteiger partial charge in [-0.2, -0.15) is 0 Å². The molecule has 2 saturated carbocycles. The first-order valence-electron chi connectivity index (χ1n) is 10.9. The van der Waals surface area contributed by atoms with Crippen LogP contribution in [0, 0.1) is 28.6 Å². The monoisotopic (exact) mass is 386 g/mol. The Hall–Kier alpha value is -1.30. The smallest absolute Gasteiger partial charge is 0.162 e. The first-order valence-corrected chi connectivity index (χ1v) is 10.9. The SMILES string of the molecule is C[C@]12CCC(=O)C=C1CCC1C2=CC[C@@]2(C)C1CC[C@@H]2C(=O)COCCNN. The lowest BCUT2D eigenvalue weighted by Crippen LogP contribution is -2.45. The fraction of sp³-hybridized carbons (Fsp3) is 0.739. The summed E-state index contributed by atoms with van der Waals surface area (Å²) in [6, 6.07) is 0. The Morgan fingerprint density at radius 2 is 2.11 bits per heavy atom. The minimum Gasteiger partial charge on any atom is -0.372 e. The molecule has 4 aliphatic carbocycles. The minimum atomic E-state index is 0.0444. The van der Waals surface area contributed by atoms with E-state index in [0.29, 0.717) is 37.2 Å². The lowest BCUT2D eigenvalue weighted by molar-refractivity contribution is -0.131. The van der Waals surface area contributed by atoms with Gasteiger partial charge < -0.3 is 4.74 Å². The van der Waals surface area contributed by atoms with Crippen molar-refractivity contribution in [3.8, 4) is 0 Å². The molecule has 4 aliphatic rings. The van der Waals surface area contributed by atoms with Crippen molar-refractivity contribution in [1.82, 2.24) is 5.43 Å². The van der Waals surface area contributed by atoms with Crippen LogP contribution in [0.3, 0.4) is 0 Å². The highest BCUT2D eigenvalue weighted by Crippen LogP contribution is 2.64. The van der Waals surface area contributed by atoms with Crippen LogP contribution in [0.2, 0.25) is 0 Å². The lowest BCUT2D eigenvalue weighted by Gasteiger charge is -2.53. The quantitative estimate of drug-likeness (QED) is 0.317. The molecule has 0 radical (unpaired) electrons. The van der Waals surface area contributed by atoms with E-state index in [9.17, 15) is 9.59 Å². The number of ether oxygens (including phenoxy) is 1. The molecule has 0 aromatic rings. The van der Waals surface area contributed by atoms with Gasteiger partial charge in [0.15, 0.2) is 11.6 Å². The van der Waals surface area contributed by atoms with Gasteiger partial charge in [0, 0.05) is 24.3 Å². The Morgan fingerprint density at radius 3 is 2.89 bits per heavy atom. The van der Waals surface area contributed by atoms with Gasteiger partial charge in [0.05, 0.1) is 6.61 Å². The van der Waals surface area contributed by atoms with Crippen LogP contribution in [0.5, 0.6) is 0 Å². The molecule has 0 spiro atoms. The zero-order chi connectivity index (χ0) is 19.9. The number of rotatable bonds is 6. The average molecular weight is 387 g/mol. The van der Waals surface area contributed by atoms with E-state index in [0.717, 1.165) is 38.5 Å². The van der Waals surface area contributed by atoms with Crippen molar-refractivity contribution >= 4 is 11.6 Å². The molecule has 28 heavy (non-hydrogen) atoms. The number of hydrazine groups is 1. The van der Waals surface area contributed by atoms with E-state index in [1.54, 1.807) is 5.57 Å². The molecule has 5 heteroatoms. The molecule has 0 amide bonds. The third-order valence-corrected chi connectivity index (χ3v) is 8.36. The summed E-state index contributed by atoms with van der Waals surface area (Å²) in [6.45, 7) is 5.91. The molecule has 0 saturated heterocycles. The van der Waals surface area contributed by atoms with Gasteiger partial charge in [-0.05, 0) is 61.9 Å². The first-order chi connectivity index (χ1) is 13.4. The van der Waals surface area contributed by atoms with Crippen molar-refractivity contribution in [1.29, 1.82) is 0 Å². The summed E-state index contributed by atoms with van der Waals surface area (Å²) in [7, 11) is 0. The van der Waals surface area contributed by atoms with Crippen LogP contribution in [0.15, 0.2) is 23.3 Å². The molecule has 2 fully saturated rings. The van der Waals surface area contributed by atoms with E-state index >= 15 is 0 Å². The molecule has 0 aliphatic heterocycles. The highest BCUT2D eigenvalue weighted by atomic mass is 16.5. The van der Waals surface area contributed by atoms with Gasteiger partial charge in [0.25, 0.3) is 0 Å². The highest BCUT2D eigenvalue weighted by Gasteiger charge is 2.57.